The van der Waals surface area contributed by atoms with Crippen molar-refractivity contribution in [1.82, 2.24) is 5.32 Å². The molecule has 0 aromatic rings. The number of amides is 1. The molecule has 1 atom stereocenters. The molecule has 5 heteroatoms. The highest BCUT2D eigenvalue weighted by atomic mass is 16.4. The smallest absolute Gasteiger partial charge is 0.326 e. The zero-order valence-electron chi connectivity index (χ0n) is 6.92. The number of nitrogens with one attached hydrogen (secondary N) is 1. The van der Waals surface area contributed by atoms with Crippen LogP contribution < -0.4 is 5.32 Å². The minimum atomic E-state index is -0.991. The molecule has 0 fully saturated rings. The molecular weight excluding hydrogens is 145 g/mol. The average molecular weight is 157 g/mol. The third-order valence-electron chi connectivity index (χ3n) is 1.29. The molecule has 1 amide bonds. The van der Waals surface area contributed by atoms with Gasteiger partial charge in [0.15, 0.2) is 5.81 Å². The highest BCUT2D eigenvalue weighted by Crippen LogP contribution is 2.00. The zero-order chi connectivity index (χ0) is 9.02. The molecule has 0 unspecified atom stereocenters. The summed E-state index contributed by atoms with van der Waals surface area (Å²) >= 11 is 0. The molecule has 0 radical (unpaired) electrons. The van der Waals surface area contributed by atoms with Crippen LogP contribution in [0.1, 0.15) is 13.8 Å². The maximum absolute atomic E-state index is 10.5. The molecule has 0 aromatic heterocycles. The number of carboxylic acids is 1. The third kappa shape index (κ3) is 3.65. The second kappa shape index (κ2) is 4.00. The van der Waals surface area contributed by atoms with Gasteiger partial charge >= 0.3 is 5.97 Å². The van der Waals surface area contributed by atoms with Crippen molar-refractivity contribution in [1.29, 1.82) is 0 Å². The van der Waals surface area contributed by atoms with Crippen LogP contribution in [0.3, 0.4) is 0 Å². The SMILES string of the molecule is BC(=O)N[C@@H](C(=O)O)C(C)C. The van der Waals surface area contributed by atoms with Crippen LogP contribution >= 0.6 is 0 Å². The summed E-state index contributed by atoms with van der Waals surface area (Å²) < 4.78 is 0. The Morgan fingerprint density at radius 1 is 1.45 bits per heavy atom. The zero-order valence-corrected chi connectivity index (χ0v) is 6.92. The second-order valence-electron chi connectivity index (χ2n) is 2.76. The van der Waals surface area contributed by atoms with Crippen molar-refractivity contribution in [3.8, 4) is 0 Å². The Balaban J connectivity index is 4.12. The van der Waals surface area contributed by atoms with Gasteiger partial charge in [-0.15, -0.1) is 0 Å². The molecule has 0 bridgehead atoms. The molecule has 0 rings (SSSR count). The standard InChI is InChI=1S/C6H12BNO3/c1-3(2)4(5(9)10)8-6(7)11/h3-4H,7H2,1-2H3,(H,8,11)(H,9,10)/t4-/m1/s1. The van der Waals surface area contributed by atoms with Crippen molar-refractivity contribution in [3.05, 3.63) is 0 Å². The molecular formula is C6H12BNO3. The van der Waals surface area contributed by atoms with E-state index in [-0.39, 0.29) is 11.7 Å². The number of carbonyl (C=O) groups is 2. The fourth-order valence-electron chi connectivity index (χ4n) is 0.733. The van der Waals surface area contributed by atoms with E-state index in [2.05, 4.69) is 5.32 Å². The van der Waals surface area contributed by atoms with Gasteiger partial charge in [-0.3, -0.25) is 4.79 Å². The molecule has 62 valence electrons. The van der Waals surface area contributed by atoms with Crippen LogP contribution in [0.15, 0.2) is 0 Å². The molecule has 0 heterocycles. The summed E-state index contributed by atoms with van der Waals surface area (Å²) in [5, 5.41) is 10.9. The highest BCUT2D eigenvalue weighted by molar-refractivity contribution is 6.57. The quantitative estimate of drug-likeness (QED) is 0.539. The summed E-state index contributed by atoms with van der Waals surface area (Å²) in [6.07, 6.45) is 0. The average Bonchev–Trinajstić information content (AvgIpc) is 1.81. The summed E-state index contributed by atoms with van der Waals surface area (Å²) in [6.45, 7) is 3.49. The van der Waals surface area contributed by atoms with E-state index in [1.54, 1.807) is 13.8 Å². The number of aliphatic carboxylic acids is 1. The fourth-order valence-corrected chi connectivity index (χ4v) is 0.733. The van der Waals surface area contributed by atoms with Crippen LogP contribution in [0.2, 0.25) is 0 Å². The molecule has 0 saturated heterocycles. The normalized spacial score (nSPS) is 12.6. The number of rotatable bonds is 3. The van der Waals surface area contributed by atoms with Crippen LogP contribution in [0, 0.1) is 5.92 Å². The van der Waals surface area contributed by atoms with Gasteiger partial charge in [-0.25, -0.2) is 4.79 Å². The highest BCUT2D eigenvalue weighted by Gasteiger charge is 2.21. The van der Waals surface area contributed by atoms with Gasteiger partial charge in [-0.05, 0) is 5.92 Å². The molecule has 0 aliphatic rings. The molecule has 0 aliphatic heterocycles. The largest absolute Gasteiger partial charge is 0.480 e. The molecule has 0 saturated carbocycles. The Bertz CT molecular complexity index is 169. The van der Waals surface area contributed by atoms with Crippen LogP contribution in [0.5, 0.6) is 0 Å². The first-order valence-corrected chi connectivity index (χ1v) is 3.45. The topological polar surface area (TPSA) is 66.4 Å². The first-order valence-electron chi connectivity index (χ1n) is 3.45. The van der Waals surface area contributed by atoms with Crippen molar-refractivity contribution in [2.75, 3.05) is 0 Å². The molecule has 2 N–H and O–H groups in total. The minimum Gasteiger partial charge on any atom is -0.480 e. The Labute approximate surface area is 66.4 Å². The number of carbonyl (C=O) groups excluding carboxylic acids is 1. The first-order chi connectivity index (χ1) is 4.95. The summed E-state index contributed by atoms with van der Waals surface area (Å²) in [4.78, 5) is 21.0. The van der Waals surface area contributed by atoms with Gasteiger partial charge in [0, 0.05) is 0 Å². The van der Waals surface area contributed by atoms with Crippen molar-refractivity contribution in [3.63, 3.8) is 0 Å². The Kier molecular flexibility index (Phi) is 3.64. The van der Waals surface area contributed by atoms with E-state index in [9.17, 15) is 9.59 Å². The number of hydrogen-bond acceptors (Lipinski definition) is 2. The van der Waals surface area contributed by atoms with Crippen molar-refractivity contribution in [2.45, 2.75) is 19.9 Å². The summed E-state index contributed by atoms with van der Waals surface area (Å²) in [6, 6.07) is -0.771. The van der Waals surface area contributed by atoms with Gasteiger partial charge in [-0.1, -0.05) is 13.8 Å². The predicted octanol–water partition coefficient (Wildman–Crippen LogP) is -0.562. The maximum atomic E-state index is 10.5. The lowest BCUT2D eigenvalue weighted by atomic mass is 10.0. The minimum absolute atomic E-state index is 0.0867. The van der Waals surface area contributed by atoms with Gasteiger partial charge in [0.2, 0.25) is 7.85 Å². The second-order valence-corrected chi connectivity index (χ2v) is 2.76. The fraction of sp³-hybridized carbons (Fsp3) is 0.667. The molecule has 0 spiro atoms. The van der Waals surface area contributed by atoms with Crippen LogP contribution in [0.25, 0.3) is 0 Å². The summed E-state index contributed by atoms with van der Waals surface area (Å²) in [7, 11) is 1.30. The van der Waals surface area contributed by atoms with Gasteiger partial charge < -0.3 is 10.4 Å². The van der Waals surface area contributed by atoms with Crippen molar-refractivity contribution in [2.24, 2.45) is 5.92 Å². The molecule has 0 aliphatic carbocycles. The Morgan fingerprint density at radius 2 is 1.91 bits per heavy atom. The third-order valence-corrected chi connectivity index (χ3v) is 1.29. The van der Waals surface area contributed by atoms with Gasteiger partial charge in [-0.2, -0.15) is 0 Å². The number of hydrogen-bond donors (Lipinski definition) is 2. The number of carboxylic acid groups (broad SMARTS) is 1. The molecule has 0 aromatic carbocycles. The van der Waals surface area contributed by atoms with Gasteiger partial charge in [0.1, 0.15) is 6.04 Å². The van der Waals surface area contributed by atoms with E-state index < -0.39 is 12.0 Å². The van der Waals surface area contributed by atoms with Gasteiger partial charge in [0.05, 0.1) is 0 Å². The Morgan fingerprint density at radius 3 is 2.00 bits per heavy atom. The van der Waals surface area contributed by atoms with Gasteiger partial charge in [0.25, 0.3) is 0 Å². The lowest BCUT2D eigenvalue weighted by Gasteiger charge is -2.16. The van der Waals surface area contributed by atoms with E-state index in [1.165, 1.54) is 7.85 Å². The van der Waals surface area contributed by atoms with E-state index in [0.29, 0.717) is 0 Å². The Hall–Kier alpha value is -0.995. The van der Waals surface area contributed by atoms with E-state index in [0.717, 1.165) is 0 Å². The van der Waals surface area contributed by atoms with E-state index >= 15 is 0 Å². The van der Waals surface area contributed by atoms with Crippen LogP contribution in [-0.2, 0) is 4.79 Å². The van der Waals surface area contributed by atoms with Crippen LogP contribution in [-0.4, -0.2) is 30.8 Å². The van der Waals surface area contributed by atoms with E-state index in [4.69, 9.17) is 5.11 Å². The first kappa shape index (κ1) is 10.0. The molecule has 11 heavy (non-hydrogen) atoms. The lowest BCUT2D eigenvalue weighted by Crippen LogP contribution is -2.43. The molecule has 4 nitrogen and oxygen atoms in total. The summed E-state index contributed by atoms with van der Waals surface area (Å²) in [5.74, 6) is -1.39. The lowest BCUT2D eigenvalue weighted by molar-refractivity contribution is -0.140. The maximum Gasteiger partial charge on any atom is 0.326 e. The van der Waals surface area contributed by atoms with E-state index in [1.807, 2.05) is 0 Å². The summed E-state index contributed by atoms with van der Waals surface area (Å²) in [5.41, 5.74) is 0. The monoisotopic (exact) mass is 157 g/mol. The van der Waals surface area contributed by atoms with Crippen LogP contribution in [0.4, 0.5) is 4.79 Å². The van der Waals surface area contributed by atoms with Crippen molar-refractivity contribution < 1.29 is 14.7 Å². The predicted molar refractivity (Wildman–Crippen MR) is 43.3 cm³/mol. The van der Waals surface area contributed by atoms with Crippen molar-refractivity contribution >= 4 is 19.6 Å².